The van der Waals surface area contributed by atoms with Crippen LogP contribution in [-0.2, 0) is 16.1 Å². The summed E-state index contributed by atoms with van der Waals surface area (Å²) in [6.07, 6.45) is 4.92. The molecule has 0 N–H and O–H groups in total. The minimum Gasteiger partial charge on any atom is -0.459 e. The molecule has 27 heavy (non-hydrogen) atoms. The Morgan fingerprint density at radius 2 is 2.07 bits per heavy atom. The summed E-state index contributed by atoms with van der Waals surface area (Å²) in [4.78, 5) is 28.5. The van der Waals surface area contributed by atoms with Crippen LogP contribution in [0, 0.1) is 12.8 Å². The summed E-state index contributed by atoms with van der Waals surface area (Å²) in [5.74, 6) is 1.69. The summed E-state index contributed by atoms with van der Waals surface area (Å²) in [7, 11) is 0. The second kappa shape index (κ2) is 7.87. The molecule has 0 radical (unpaired) electrons. The molecule has 7 nitrogen and oxygen atoms in total. The Morgan fingerprint density at radius 1 is 1.30 bits per heavy atom. The van der Waals surface area contributed by atoms with E-state index in [0.717, 1.165) is 30.8 Å². The summed E-state index contributed by atoms with van der Waals surface area (Å²) in [5.41, 5.74) is 0.668. The standard InChI is InChI=1S/C19H20N4O3S/c1-13-15(22-17(26-13)16-4-2-11-27-16)12-25-18(24)14-5-9-23(10-6-14)19-20-7-3-8-21-19/h2-4,7-8,11,14H,5-6,9-10,12H2,1H3. The number of oxazole rings is 1. The molecule has 140 valence electrons. The molecular weight excluding hydrogens is 364 g/mol. The van der Waals surface area contributed by atoms with E-state index in [2.05, 4.69) is 19.9 Å². The number of carbonyl (C=O) groups is 1. The van der Waals surface area contributed by atoms with Gasteiger partial charge in [-0.05, 0) is 37.3 Å². The van der Waals surface area contributed by atoms with Crippen LogP contribution in [0.1, 0.15) is 24.3 Å². The van der Waals surface area contributed by atoms with Crippen molar-refractivity contribution in [1.29, 1.82) is 0 Å². The van der Waals surface area contributed by atoms with Gasteiger partial charge in [0.05, 0.1) is 10.8 Å². The number of aromatic nitrogens is 3. The highest BCUT2D eigenvalue weighted by Gasteiger charge is 2.27. The van der Waals surface area contributed by atoms with Crippen molar-refractivity contribution < 1.29 is 13.9 Å². The zero-order valence-corrected chi connectivity index (χ0v) is 15.8. The van der Waals surface area contributed by atoms with Crippen LogP contribution in [0.4, 0.5) is 5.95 Å². The maximum absolute atomic E-state index is 12.4. The molecule has 0 spiro atoms. The number of ether oxygens (including phenoxy) is 1. The lowest BCUT2D eigenvalue weighted by Gasteiger charge is -2.30. The molecule has 4 heterocycles. The second-order valence-corrected chi connectivity index (χ2v) is 7.36. The van der Waals surface area contributed by atoms with Gasteiger partial charge in [0.2, 0.25) is 11.8 Å². The fraction of sp³-hybridized carbons (Fsp3) is 0.368. The van der Waals surface area contributed by atoms with Crippen LogP contribution >= 0.6 is 11.3 Å². The monoisotopic (exact) mass is 384 g/mol. The summed E-state index contributed by atoms with van der Waals surface area (Å²) in [6.45, 7) is 3.47. The topological polar surface area (TPSA) is 81.4 Å². The molecule has 1 fully saturated rings. The Kier molecular flexibility index (Phi) is 5.15. The first-order valence-electron chi connectivity index (χ1n) is 8.89. The van der Waals surface area contributed by atoms with Crippen LogP contribution in [-0.4, -0.2) is 34.0 Å². The molecule has 4 rings (SSSR count). The van der Waals surface area contributed by atoms with E-state index < -0.39 is 0 Å². The maximum Gasteiger partial charge on any atom is 0.309 e. The fourth-order valence-corrected chi connectivity index (χ4v) is 3.74. The quantitative estimate of drug-likeness (QED) is 0.623. The van der Waals surface area contributed by atoms with E-state index in [1.54, 1.807) is 29.8 Å². The third kappa shape index (κ3) is 4.00. The third-order valence-electron chi connectivity index (χ3n) is 4.64. The number of hydrogen-bond acceptors (Lipinski definition) is 8. The number of aryl methyl sites for hydroxylation is 1. The minimum atomic E-state index is -0.177. The van der Waals surface area contributed by atoms with E-state index in [1.165, 1.54) is 0 Å². The molecule has 0 unspecified atom stereocenters. The van der Waals surface area contributed by atoms with Gasteiger partial charge in [0.25, 0.3) is 0 Å². The molecule has 8 heteroatoms. The van der Waals surface area contributed by atoms with Crippen LogP contribution in [0.5, 0.6) is 0 Å². The van der Waals surface area contributed by atoms with Crippen molar-refractivity contribution in [3.63, 3.8) is 0 Å². The summed E-state index contributed by atoms with van der Waals surface area (Å²) < 4.78 is 11.2. The number of piperidine rings is 1. The number of nitrogens with zero attached hydrogens (tertiary/aromatic N) is 4. The molecule has 0 aromatic carbocycles. The minimum absolute atomic E-state index is 0.103. The van der Waals surface area contributed by atoms with E-state index in [4.69, 9.17) is 9.15 Å². The molecule has 1 aliphatic rings. The lowest BCUT2D eigenvalue weighted by molar-refractivity contribution is -0.150. The lowest BCUT2D eigenvalue weighted by atomic mass is 9.97. The van der Waals surface area contributed by atoms with Gasteiger partial charge in [-0.15, -0.1) is 11.3 Å². The highest BCUT2D eigenvalue weighted by atomic mass is 32.1. The van der Waals surface area contributed by atoms with Gasteiger partial charge in [0.1, 0.15) is 18.1 Å². The zero-order valence-electron chi connectivity index (χ0n) is 15.0. The zero-order chi connectivity index (χ0) is 18.6. The van der Waals surface area contributed by atoms with Crippen LogP contribution < -0.4 is 4.90 Å². The Labute approximate surface area is 161 Å². The Hall–Kier alpha value is -2.74. The van der Waals surface area contributed by atoms with Gasteiger partial charge in [-0.3, -0.25) is 4.79 Å². The summed E-state index contributed by atoms with van der Waals surface area (Å²) >= 11 is 1.56. The van der Waals surface area contributed by atoms with E-state index in [9.17, 15) is 4.79 Å². The molecular formula is C19H20N4O3S. The Balaban J connectivity index is 1.30. The molecule has 0 saturated carbocycles. The first-order valence-corrected chi connectivity index (χ1v) is 9.77. The van der Waals surface area contributed by atoms with Crippen LogP contribution in [0.25, 0.3) is 10.8 Å². The first kappa shape index (κ1) is 17.7. The lowest BCUT2D eigenvalue weighted by Crippen LogP contribution is -2.37. The fourth-order valence-electron chi connectivity index (χ4n) is 3.09. The van der Waals surface area contributed by atoms with E-state index >= 15 is 0 Å². The Bertz CT molecular complexity index is 887. The third-order valence-corrected chi connectivity index (χ3v) is 5.50. The normalized spacial score (nSPS) is 15.1. The smallest absolute Gasteiger partial charge is 0.309 e. The van der Waals surface area contributed by atoms with E-state index in [0.29, 0.717) is 23.3 Å². The van der Waals surface area contributed by atoms with Crippen molar-refractivity contribution in [1.82, 2.24) is 15.0 Å². The van der Waals surface area contributed by atoms with Crippen molar-refractivity contribution in [2.24, 2.45) is 5.92 Å². The molecule has 3 aromatic heterocycles. The van der Waals surface area contributed by atoms with Gasteiger partial charge in [-0.25, -0.2) is 15.0 Å². The van der Waals surface area contributed by atoms with Gasteiger partial charge in [0.15, 0.2) is 0 Å². The van der Waals surface area contributed by atoms with Crippen molar-refractivity contribution in [2.75, 3.05) is 18.0 Å². The Morgan fingerprint density at radius 3 is 2.78 bits per heavy atom. The highest BCUT2D eigenvalue weighted by Crippen LogP contribution is 2.27. The van der Waals surface area contributed by atoms with Gasteiger partial charge in [0, 0.05) is 25.5 Å². The molecule has 0 bridgehead atoms. The van der Waals surface area contributed by atoms with Crippen molar-refractivity contribution in [3.8, 4) is 10.8 Å². The SMILES string of the molecule is Cc1oc(-c2cccs2)nc1COC(=O)C1CCN(c2ncccn2)CC1. The van der Waals surface area contributed by atoms with Crippen LogP contribution in [0.2, 0.25) is 0 Å². The average Bonchev–Trinajstić information content (AvgIpc) is 3.37. The summed E-state index contributed by atoms with van der Waals surface area (Å²) in [6, 6.07) is 5.70. The molecule has 3 aromatic rings. The van der Waals surface area contributed by atoms with E-state index in [-0.39, 0.29) is 18.5 Å². The number of anilines is 1. The number of esters is 1. The van der Waals surface area contributed by atoms with Crippen molar-refractivity contribution in [3.05, 3.63) is 47.4 Å². The second-order valence-electron chi connectivity index (χ2n) is 6.42. The molecule has 1 aliphatic heterocycles. The molecule has 1 saturated heterocycles. The van der Waals surface area contributed by atoms with Gasteiger partial charge in [-0.2, -0.15) is 0 Å². The molecule has 0 amide bonds. The number of carbonyl (C=O) groups excluding carboxylic acids is 1. The summed E-state index contributed by atoms with van der Waals surface area (Å²) in [5, 5.41) is 1.97. The number of rotatable bonds is 5. The highest BCUT2D eigenvalue weighted by molar-refractivity contribution is 7.13. The van der Waals surface area contributed by atoms with E-state index in [1.807, 2.05) is 24.4 Å². The van der Waals surface area contributed by atoms with Crippen LogP contribution in [0.3, 0.4) is 0 Å². The van der Waals surface area contributed by atoms with Gasteiger partial charge in [-0.1, -0.05) is 6.07 Å². The van der Waals surface area contributed by atoms with Gasteiger partial charge >= 0.3 is 5.97 Å². The number of hydrogen-bond donors (Lipinski definition) is 0. The molecule has 0 atom stereocenters. The van der Waals surface area contributed by atoms with Crippen molar-refractivity contribution in [2.45, 2.75) is 26.4 Å². The van der Waals surface area contributed by atoms with Crippen LogP contribution in [0.15, 0.2) is 40.4 Å². The molecule has 0 aliphatic carbocycles. The maximum atomic E-state index is 12.4. The predicted octanol–water partition coefficient (Wildman–Crippen LogP) is 3.46. The largest absolute Gasteiger partial charge is 0.459 e. The first-order chi connectivity index (χ1) is 13.2. The average molecular weight is 384 g/mol. The van der Waals surface area contributed by atoms with Crippen molar-refractivity contribution >= 4 is 23.3 Å². The van der Waals surface area contributed by atoms with Gasteiger partial charge < -0.3 is 14.1 Å². The number of thiophene rings is 1. The predicted molar refractivity (Wildman–Crippen MR) is 101 cm³/mol.